The molecule has 1 aliphatic heterocycles. The number of carbonyl (C=O) groups is 2. The summed E-state index contributed by atoms with van der Waals surface area (Å²) < 4.78 is 27.4. The molecule has 1 saturated heterocycles. The second-order valence-corrected chi connectivity index (χ2v) is 9.08. The van der Waals surface area contributed by atoms with Crippen LogP contribution in [0.2, 0.25) is 0 Å². The Morgan fingerprint density at radius 3 is 2.82 bits per heavy atom. The molecular weight excluding hydrogens is 444 g/mol. The Balaban J connectivity index is 1.32. The van der Waals surface area contributed by atoms with Crippen molar-refractivity contribution in [3.8, 4) is 0 Å². The van der Waals surface area contributed by atoms with Gasteiger partial charge in [-0.3, -0.25) is 9.59 Å². The molecule has 2 atom stereocenters. The van der Waals surface area contributed by atoms with Crippen LogP contribution in [0.5, 0.6) is 0 Å². The Morgan fingerprint density at radius 1 is 1.18 bits per heavy atom. The maximum Gasteiger partial charge on any atom is 0.227 e. The van der Waals surface area contributed by atoms with Crippen molar-refractivity contribution in [3.05, 3.63) is 88.2 Å². The van der Waals surface area contributed by atoms with Gasteiger partial charge in [0.2, 0.25) is 11.8 Å². The normalized spacial score (nSPS) is 17.0. The van der Waals surface area contributed by atoms with Crippen molar-refractivity contribution in [1.29, 1.82) is 0 Å². The first-order chi connectivity index (χ1) is 16.0. The molecule has 2 amide bonds. The molecule has 5 rings (SSSR count). The number of benzene rings is 2. The highest BCUT2D eigenvalue weighted by Gasteiger charge is 2.36. The van der Waals surface area contributed by atoms with Crippen LogP contribution in [0.15, 0.2) is 66.2 Å². The van der Waals surface area contributed by atoms with Crippen LogP contribution in [0.1, 0.15) is 22.8 Å². The second kappa shape index (κ2) is 8.78. The summed E-state index contributed by atoms with van der Waals surface area (Å²) in [6, 6.07) is 15.1. The third-order valence-electron chi connectivity index (χ3n) is 6.06. The van der Waals surface area contributed by atoms with E-state index in [1.54, 1.807) is 11.3 Å². The maximum absolute atomic E-state index is 14.2. The fourth-order valence-corrected chi connectivity index (χ4v) is 5.24. The van der Waals surface area contributed by atoms with Gasteiger partial charge in [0.1, 0.15) is 11.6 Å². The van der Waals surface area contributed by atoms with Crippen molar-refractivity contribution in [3.63, 3.8) is 0 Å². The molecule has 2 N–H and O–H groups in total. The molecule has 2 aromatic heterocycles. The van der Waals surface area contributed by atoms with E-state index in [-0.39, 0.29) is 36.4 Å². The van der Waals surface area contributed by atoms with Gasteiger partial charge in [-0.15, -0.1) is 11.3 Å². The summed E-state index contributed by atoms with van der Waals surface area (Å²) in [7, 11) is 0. The SMILES string of the molecule is O=C(NCC(c1cccs1)c1c[nH]c2ccccc12)C1CC(=O)N(c2ccc(F)cc2F)C1. The number of hydrogen-bond acceptors (Lipinski definition) is 3. The summed E-state index contributed by atoms with van der Waals surface area (Å²) in [6.07, 6.45) is 1.96. The maximum atomic E-state index is 14.2. The second-order valence-electron chi connectivity index (χ2n) is 8.10. The number of hydrogen-bond donors (Lipinski definition) is 2. The molecule has 8 heteroatoms. The number of rotatable bonds is 6. The molecule has 1 fully saturated rings. The van der Waals surface area contributed by atoms with Gasteiger partial charge in [0, 0.05) is 53.5 Å². The number of aromatic amines is 1. The number of anilines is 1. The van der Waals surface area contributed by atoms with E-state index in [0.717, 1.165) is 33.5 Å². The Bertz CT molecular complexity index is 1320. The van der Waals surface area contributed by atoms with E-state index >= 15 is 0 Å². The van der Waals surface area contributed by atoms with Crippen LogP contribution in [0.25, 0.3) is 10.9 Å². The molecule has 33 heavy (non-hydrogen) atoms. The lowest BCUT2D eigenvalue weighted by molar-refractivity contribution is -0.126. The van der Waals surface area contributed by atoms with Crippen molar-refractivity contribution in [2.45, 2.75) is 12.3 Å². The lowest BCUT2D eigenvalue weighted by Gasteiger charge is -2.19. The van der Waals surface area contributed by atoms with Crippen molar-refractivity contribution in [2.24, 2.45) is 5.92 Å². The van der Waals surface area contributed by atoms with Gasteiger partial charge in [0.25, 0.3) is 0 Å². The minimum atomic E-state index is -0.818. The largest absolute Gasteiger partial charge is 0.361 e. The van der Waals surface area contributed by atoms with Crippen molar-refractivity contribution >= 4 is 39.7 Å². The zero-order chi connectivity index (χ0) is 22.9. The van der Waals surface area contributed by atoms with E-state index in [1.807, 2.05) is 48.0 Å². The minimum Gasteiger partial charge on any atom is -0.361 e. The van der Waals surface area contributed by atoms with Gasteiger partial charge in [-0.05, 0) is 35.2 Å². The van der Waals surface area contributed by atoms with Crippen molar-refractivity contribution in [1.82, 2.24) is 10.3 Å². The average Bonchev–Trinajstić information content (AvgIpc) is 3.55. The van der Waals surface area contributed by atoms with Crippen molar-refractivity contribution in [2.75, 3.05) is 18.0 Å². The van der Waals surface area contributed by atoms with Gasteiger partial charge in [-0.25, -0.2) is 8.78 Å². The third-order valence-corrected chi connectivity index (χ3v) is 7.05. The summed E-state index contributed by atoms with van der Waals surface area (Å²) in [6.45, 7) is 0.431. The van der Waals surface area contributed by atoms with E-state index < -0.39 is 17.6 Å². The Morgan fingerprint density at radius 2 is 2.03 bits per heavy atom. The average molecular weight is 466 g/mol. The minimum absolute atomic E-state index is 0.00745. The highest BCUT2D eigenvalue weighted by atomic mass is 32.1. The molecule has 0 aliphatic carbocycles. The number of thiophene rings is 1. The van der Waals surface area contributed by atoms with Crippen LogP contribution in [-0.2, 0) is 9.59 Å². The van der Waals surface area contributed by atoms with Gasteiger partial charge >= 0.3 is 0 Å². The van der Waals surface area contributed by atoms with Crippen LogP contribution in [-0.4, -0.2) is 29.9 Å². The molecule has 2 aromatic carbocycles. The fourth-order valence-electron chi connectivity index (χ4n) is 4.40. The van der Waals surface area contributed by atoms with Crippen LogP contribution in [0, 0.1) is 17.6 Å². The first kappa shape index (κ1) is 21.3. The molecule has 0 spiro atoms. The van der Waals surface area contributed by atoms with Crippen molar-refractivity contribution < 1.29 is 18.4 Å². The third kappa shape index (κ3) is 4.14. The summed E-state index contributed by atoms with van der Waals surface area (Å²) in [5.74, 6) is -2.79. The number of fused-ring (bicyclic) bond motifs is 1. The summed E-state index contributed by atoms with van der Waals surface area (Å²) >= 11 is 1.62. The molecule has 5 nitrogen and oxygen atoms in total. The molecule has 168 valence electrons. The molecule has 0 saturated carbocycles. The number of halogens is 2. The van der Waals surface area contributed by atoms with Crippen LogP contribution in [0.3, 0.4) is 0 Å². The van der Waals surface area contributed by atoms with Gasteiger partial charge in [-0.2, -0.15) is 0 Å². The number of aromatic nitrogens is 1. The van der Waals surface area contributed by atoms with Crippen LogP contribution < -0.4 is 10.2 Å². The monoisotopic (exact) mass is 465 g/mol. The zero-order valence-corrected chi connectivity index (χ0v) is 18.4. The van der Waals surface area contributed by atoms with Gasteiger partial charge < -0.3 is 15.2 Å². The summed E-state index contributed by atoms with van der Waals surface area (Å²) in [4.78, 5) is 31.1. The van der Waals surface area contributed by atoms with E-state index in [9.17, 15) is 18.4 Å². The highest BCUT2D eigenvalue weighted by Crippen LogP contribution is 2.33. The number of nitrogens with zero attached hydrogens (tertiary/aromatic N) is 1. The number of nitrogens with one attached hydrogen (secondary N) is 2. The van der Waals surface area contributed by atoms with Crippen LogP contribution >= 0.6 is 11.3 Å². The quantitative estimate of drug-likeness (QED) is 0.429. The first-order valence-electron chi connectivity index (χ1n) is 10.6. The smallest absolute Gasteiger partial charge is 0.227 e. The molecular formula is C25H21F2N3O2S. The Labute approximate surface area is 193 Å². The van der Waals surface area contributed by atoms with Crippen LogP contribution in [0.4, 0.5) is 14.5 Å². The topological polar surface area (TPSA) is 65.2 Å². The molecule has 0 bridgehead atoms. The molecule has 1 aliphatic rings. The van der Waals surface area contributed by atoms with E-state index in [4.69, 9.17) is 0 Å². The van der Waals surface area contributed by atoms with E-state index in [2.05, 4.69) is 10.3 Å². The molecule has 3 heterocycles. The first-order valence-corrected chi connectivity index (χ1v) is 11.5. The molecule has 0 radical (unpaired) electrons. The summed E-state index contributed by atoms with van der Waals surface area (Å²) in [5.41, 5.74) is 2.11. The fraction of sp³-hybridized carbons (Fsp3) is 0.200. The number of amides is 2. The number of H-pyrrole nitrogens is 1. The zero-order valence-electron chi connectivity index (χ0n) is 17.6. The van der Waals surface area contributed by atoms with Gasteiger partial charge in [0.05, 0.1) is 11.6 Å². The van der Waals surface area contributed by atoms with E-state index in [1.165, 1.54) is 11.0 Å². The molecule has 4 aromatic rings. The Kier molecular flexibility index (Phi) is 5.68. The number of carbonyl (C=O) groups excluding carboxylic acids is 2. The predicted octanol–water partition coefficient (Wildman–Crippen LogP) is 4.81. The molecule has 2 unspecified atom stereocenters. The van der Waals surface area contributed by atoms with Gasteiger partial charge in [0.15, 0.2) is 0 Å². The van der Waals surface area contributed by atoms with Gasteiger partial charge in [-0.1, -0.05) is 24.3 Å². The highest BCUT2D eigenvalue weighted by molar-refractivity contribution is 7.10. The number of para-hydroxylation sites is 1. The standard InChI is InChI=1S/C25H21F2N3O2S/c26-16-7-8-22(20(27)11-16)30-14-15(10-24(30)31)25(32)29-13-19(23-6-3-9-33-23)18-12-28-21-5-2-1-4-17(18)21/h1-9,11-12,15,19,28H,10,13-14H2,(H,29,32). The predicted molar refractivity (Wildman–Crippen MR) is 124 cm³/mol. The van der Waals surface area contributed by atoms with E-state index in [0.29, 0.717) is 6.54 Å². The Hall–Kier alpha value is -3.52. The lowest BCUT2D eigenvalue weighted by Crippen LogP contribution is -2.35. The lowest BCUT2D eigenvalue weighted by atomic mass is 9.96. The summed E-state index contributed by atoms with van der Waals surface area (Å²) in [5, 5.41) is 6.10.